The summed E-state index contributed by atoms with van der Waals surface area (Å²) in [4.78, 5) is 31.6. The highest BCUT2D eigenvalue weighted by Crippen LogP contribution is 2.29. The zero-order valence-corrected chi connectivity index (χ0v) is 19.4. The largest absolute Gasteiger partial charge is 0.459 e. The van der Waals surface area contributed by atoms with E-state index in [9.17, 15) is 18.0 Å². The first-order chi connectivity index (χ1) is 15.4. The Labute approximate surface area is 190 Å². The Bertz CT molecular complexity index is 874. The van der Waals surface area contributed by atoms with E-state index in [0.29, 0.717) is 25.3 Å². The van der Waals surface area contributed by atoms with Gasteiger partial charge in [0.2, 0.25) is 5.91 Å². The standard InChI is InChI=1S/C22H34N4O5S/c27-21(26(18-4-1-2-5-18)19-7-15-32(29,30)17-19)16-25-12-10-24(11-13-25)9-8-23-22(28)20-6-3-14-31-20/h3,6,14,18-19H,1-2,4-5,7-13,15-17H2,(H,23,28). The predicted octanol–water partition coefficient (Wildman–Crippen LogP) is 0.585. The van der Waals surface area contributed by atoms with Crippen molar-refractivity contribution in [3.05, 3.63) is 24.2 Å². The van der Waals surface area contributed by atoms with Gasteiger partial charge in [-0.2, -0.15) is 0 Å². The molecule has 3 aliphatic rings. The fraction of sp³-hybridized carbons (Fsp3) is 0.727. The Balaban J connectivity index is 1.22. The number of carbonyl (C=O) groups is 2. The van der Waals surface area contributed by atoms with Crippen molar-refractivity contribution >= 4 is 21.7 Å². The average Bonchev–Trinajstić information content (AvgIpc) is 3.52. The molecule has 1 N–H and O–H groups in total. The van der Waals surface area contributed by atoms with E-state index < -0.39 is 9.84 Å². The zero-order valence-electron chi connectivity index (χ0n) is 18.6. The minimum absolute atomic E-state index is 0.0816. The number of furan rings is 1. The molecule has 1 aliphatic carbocycles. The summed E-state index contributed by atoms with van der Waals surface area (Å²) in [5.74, 6) is 0.504. The summed E-state index contributed by atoms with van der Waals surface area (Å²) >= 11 is 0. The maximum absolute atomic E-state index is 13.3. The topological polar surface area (TPSA) is 103 Å². The molecule has 2 amide bonds. The molecule has 1 aromatic heterocycles. The van der Waals surface area contributed by atoms with E-state index in [2.05, 4.69) is 15.1 Å². The quantitative estimate of drug-likeness (QED) is 0.598. The summed E-state index contributed by atoms with van der Waals surface area (Å²) in [6.07, 6.45) is 6.25. The molecule has 3 heterocycles. The summed E-state index contributed by atoms with van der Waals surface area (Å²) in [6.45, 7) is 4.91. The van der Waals surface area contributed by atoms with Crippen LogP contribution in [0, 0.1) is 0 Å². The Kier molecular flexibility index (Phi) is 7.52. The van der Waals surface area contributed by atoms with Gasteiger partial charge in [-0.3, -0.25) is 19.4 Å². The van der Waals surface area contributed by atoms with Crippen LogP contribution in [0.5, 0.6) is 0 Å². The van der Waals surface area contributed by atoms with E-state index in [1.807, 2.05) is 4.90 Å². The average molecular weight is 467 g/mol. The first-order valence-corrected chi connectivity index (χ1v) is 13.5. The van der Waals surface area contributed by atoms with Gasteiger partial charge in [0.05, 0.1) is 24.3 Å². The first-order valence-electron chi connectivity index (χ1n) is 11.7. The molecule has 10 heteroatoms. The van der Waals surface area contributed by atoms with Gasteiger partial charge in [-0.05, 0) is 31.4 Å². The van der Waals surface area contributed by atoms with Gasteiger partial charge in [-0.15, -0.1) is 0 Å². The van der Waals surface area contributed by atoms with Crippen LogP contribution in [0.25, 0.3) is 0 Å². The molecule has 3 fully saturated rings. The minimum Gasteiger partial charge on any atom is -0.459 e. The molecule has 0 radical (unpaired) electrons. The molecule has 0 aromatic carbocycles. The molecular weight excluding hydrogens is 432 g/mol. The predicted molar refractivity (Wildman–Crippen MR) is 120 cm³/mol. The van der Waals surface area contributed by atoms with Gasteiger partial charge in [0, 0.05) is 51.4 Å². The Morgan fingerprint density at radius 3 is 2.41 bits per heavy atom. The van der Waals surface area contributed by atoms with Gasteiger partial charge in [-0.25, -0.2) is 8.42 Å². The lowest BCUT2D eigenvalue weighted by Gasteiger charge is -2.38. The van der Waals surface area contributed by atoms with Crippen LogP contribution in [0.4, 0.5) is 0 Å². The summed E-state index contributed by atoms with van der Waals surface area (Å²) in [5, 5.41) is 2.86. The van der Waals surface area contributed by atoms with E-state index >= 15 is 0 Å². The number of piperazine rings is 1. The number of hydrogen-bond donors (Lipinski definition) is 1. The molecule has 32 heavy (non-hydrogen) atoms. The molecule has 0 bridgehead atoms. The highest BCUT2D eigenvalue weighted by molar-refractivity contribution is 7.91. The summed E-state index contributed by atoms with van der Waals surface area (Å²) in [5.41, 5.74) is 0. The van der Waals surface area contributed by atoms with Crippen molar-refractivity contribution in [3.8, 4) is 0 Å². The van der Waals surface area contributed by atoms with Crippen LogP contribution in [0.1, 0.15) is 42.7 Å². The van der Waals surface area contributed by atoms with Gasteiger partial charge in [0.25, 0.3) is 5.91 Å². The van der Waals surface area contributed by atoms with Crippen LogP contribution in [0.15, 0.2) is 22.8 Å². The molecule has 1 aromatic rings. The molecule has 2 aliphatic heterocycles. The third-order valence-electron chi connectivity index (χ3n) is 6.89. The van der Waals surface area contributed by atoms with Gasteiger partial charge >= 0.3 is 0 Å². The van der Waals surface area contributed by atoms with E-state index in [1.54, 1.807) is 12.1 Å². The van der Waals surface area contributed by atoms with Gasteiger partial charge in [0.15, 0.2) is 15.6 Å². The second-order valence-electron chi connectivity index (χ2n) is 9.15. The second-order valence-corrected chi connectivity index (χ2v) is 11.4. The fourth-order valence-corrected chi connectivity index (χ4v) is 6.86. The monoisotopic (exact) mass is 466 g/mol. The van der Waals surface area contributed by atoms with Crippen molar-refractivity contribution in [2.75, 3.05) is 57.3 Å². The maximum atomic E-state index is 13.3. The zero-order chi connectivity index (χ0) is 22.6. The molecule has 2 saturated heterocycles. The smallest absolute Gasteiger partial charge is 0.287 e. The highest BCUT2D eigenvalue weighted by atomic mass is 32.2. The van der Waals surface area contributed by atoms with E-state index in [-0.39, 0.29) is 35.4 Å². The van der Waals surface area contributed by atoms with Gasteiger partial charge in [0.1, 0.15) is 0 Å². The van der Waals surface area contributed by atoms with Gasteiger partial charge < -0.3 is 14.6 Å². The second kappa shape index (κ2) is 10.4. The van der Waals surface area contributed by atoms with Crippen LogP contribution in [-0.4, -0.2) is 104 Å². The molecule has 178 valence electrons. The SMILES string of the molecule is O=C(NCCN1CCN(CC(=O)N(C2CCCC2)C2CCS(=O)(=O)C2)CC1)c1ccco1. The lowest BCUT2D eigenvalue weighted by Crippen LogP contribution is -2.54. The lowest BCUT2D eigenvalue weighted by molar-refractivity contribution is -0.137. The van der Waals surface area contributed by atoms with Crippen LogP contribution in [0.3, 0.4) is 0 Å². The number of nitrogens with one attached hydrogen (secondary N) is 1. The van der Waals surface area contributed by atoms with E-state index in [0.717, 1.165) is 58.4 Å². The molecular formula is C22H34N4O5S. The number of nitrogens with zero attached hydrogens (tertiary/aromatic N) is 3. The number of sulfone groups is 1. The summed E-state index contributed by atoms with van der Waals surface area (Å²) < 4.78 is 29.1. The first kappa shape index (κ1) is 23.3. The van der Waals surface area contributed by atoms with Gasteiger partial charge in [-0.1, -0.05) is 12.8 Å². The van der Waals surface area contributed by atoms with Crippen LogP contribution in [-0.2, 0) is 14.6 Å². The van der Waals surface area contributed by atoms with Crippen molar-refractivity contribution in [3.63, 3.8) is 0 Å². The number of carbonyl (C=O) groups excluding carboxylic acids is 2. The Morgan fingerprint density at radius 1 is 1.06 bits per heavy atom. The minimum atomic E-state index is -3.02. The Morgan fingerprint density at radius 2 is 1.78 bits per heavy atom. The Hall–Kier alpha value is -1.91. The molecule has 4 rings (SSSR count). The molecule has 1 atom stereocenters. The van der Waals surface area contributed by atoms with Crippen molar-refractivity contribution < 1.29 is 22.4 Å². The van der Waals surface area contributed by atoms with Crippen molar-refractivity contribution in [2.45, 2.75) is 44.2 Å². The maximum Gasteiger partial charge on any atom is 0.287 e. The lowest BCUT2D eigenvalue weighted by atomic mass is 10.1. The van der Waals surface area contributed by atoms with Crippen LogP contribution in [0.2, 0.25) is 0 Å². The number of rotatable bonds is 8. The highest BCUT2D eigenvalue weighted by Gasteiger charge is 2.39. The van der Waals surface area contributed by atoms with Crippen LogP contribution < -0.4 is 5.32 Å². The van der Waals surface area contributed by atoms with Crippen LogP contribution >= 0.6 is 0 Å². The molecule has 1 saturated carbocycles. The van der Waals surface area contributed by atoms with Crippen molar-refractivity contribution in [1.82, 2.24) is 20.0 Å². The third-order valence-corrected chi connectivity index (χ3v) is 8.64. The van der Waals surface area contributed by atoms with Crippen molar-refractivity contribution in [1.29, 1.82) is 0 Å². The summed E-state index contributed by atoms with van der Waals surface area (Å²) in [6, 6.07) is 3.37. The molecule has 9 nitrogen and oxygen atoms in total. The van der Waals surface area contributed by atoms with E-state index in [4.69, 9.17) is 4.42 Å². The van der Waals surface area contributed by atoms with E-state index in [1.165, 1.54) is 6.26 Å². The summed E-state index contributed by atoms with van der Waals surface area (Å²) in [7, 11) is -3.02. The third kappa shape index (κ3) is 5.90. The number of hydrogen-bond acceptors (Lipinski definition) is 7. The molecule has 0 spiro atoms. The fourth-order valence-electron chi connectivity index (χ4n) is 5.15. The van der Waals surface area contributed by atoms with Crippen molar-refractivity contribution in [2.24, 2.45) is 0 Å². The number of amides is 2. The molecule has 1 unspecified atom stereocenters. The normalized spacial score (nSPS) is 24.6.